The predicted molar refractivity (Wildman–Crippen MR) is 40.4 cm³/mol. The van der Waals surface area contributed by atoms with Crippen LogP contribution in [0.5, 0.6) is 0 Å². The summed E-state index contributed by atoms with van der Waals surface area (Å²) in [5.74, 6) is 3.68. The smallest absolute Gasteiger partial charge is 0.132 e. The summed E-state index contributed by atoms with van der Waals surface area (Å²) < 4.78 is 0. The molecule has 1 rings (SSSR count). The number of hydrogen-bond acceptors (Lipinski definition) is 1. The fourth-order valence-corrected chi connectivity index (χ4v) is 1.37. The van der Waals surface area contributed by atoms with Gasteiger partial charge >= 0.3 is 0 Å². The highest BCUT2D eigenvalue weighted by Gasteiger charge is 2.16. The molecule has 0 heterocycles. The summed E-state index contributed by atoms with van der Waals surface area (Å²) in [6, 6.07) is 0. The number of carbonyl (C=O) groups excluding carboxylic acids is 1. The van der Waals surface area contributed by atoms with Gasteiger partial charge in [0.15, 0.2) is 0 Å². The van der Waals surface area contributed by atoms with Gasteiger partial charge in [-0.2, -0.15) is 0 Å². The molecule has 0 spiro atoms. The van der Waals surface area contributed by atoms with Crippen LogP contribution in [0.1, 0.15) is 32.1 Å². The number of terminal acetylenes is 1. The lowest BCUT2D eigenvalue weighted by Crippen LogP contribution is -2.12. The number of ketones is 1. The van der Waals surface area contributed by atoms with Crippen LogP contribution in [0.3, 0.4) is 0 Å². The molecule has 0 aliphatic heterocycles. The first kappa shape index (κ1) is 7.34. The largest absolute Gasteiger partial charge is 0.300 e. The molecule has 0 amide bonds. The summed E-state index contributed by atoms with van der Waals surface area (Å²) in [5.41, 5.74) is 0. The Kier molecular flexibility index (Phi) is 2.50. The average Bonchev–Trinajstić information content (AvgIpc) is 1.95. The minimum atomic E-state index is 0.410. The van der Waals surface area contributed by atoms with Gasteiger partial charge < -0.3 is 0 Å². The summed E-state index contributed by atoms with van der Waals surface area (Å²) in [7, 11) is 0. The molecule has 0 N–H and O–H groups in total. The summed E-state index contributed by atoms with van der Waals surface area (Å²) in [4.78, 5) is 10.8. The van der Waals surface area contributed by atoms with Gasteiger partial charge in [-0.05, 0) is 18.8 Å². The van der Waals surface area contributed by atoms with Crippen LogP contribution >= 0.6 is 0 Å². The van der Waals surface area contributed by atoms with Crippen molar-refractivity contribution in [3.8, 4) is 12.3 Å². The Labute approximate surface area is 61.8 Å². The predicted octanol–water partition coefficient (Wildman–Crippen LogP) is 1.77. The Hall–Kier alpha value is -0.770. The highest BCUT2D eigenvalue weighted by atomic mass is 16.1. The standard InChI is InChI=1S/C9H12O/c1-2-3-8-4-6-9(10)7-5-8/h1,8H,3-7H2. The quantitative estimate of drug-likeness (QED) is 0.502. The first-order valence-corrected chi connectivity index (χ1v) is 3.78. The van der Waals surface area contributed by atoms with Crippen molar-refractivity contribution >= 4 is 5.78 Å². The van der Waals surface area contributed by atoms with Crippen LogP contribution < -0.4 is 0 Å². The molecule has 0 aromatic carbocycles. The minimum Gasteiger partial charge on any atom is -0.300 e. The van der Waals surface area contributed by atoms with E-state index >= 15 is 0 Å². The van der Waals surface area contributed by atoms with E-state index < -0.39 is 0 Å². The molecule has 10 heavy (non-hydrogen) atoms. The normalized spacial score (nSPS) is 20.5. The lowest BCUT2D eigenvalue weighted by Gasteiger charge is -2.17. The molecule has 1 fully saturated rings. The van der Waals surface area contributed by atoms with E-state index in [1.54, 1.807) is 0 Å². The van der Waals surface area contributed by atoms with Crippen molar-refractivity contribution in [1.29, 1.82) is 0 Å². The molecule has 1 nitrogen and oxygen atoms in total. The Balaban J connectivity index is 2.27. The highest BCUT2D eigenvalue weighted by molar-refractivity contribution is 5.79. The van der Waals surface area contributed by atoms with E-state index in [1.807, 2.05) is 0 Å². The van der Waals surface area contributed by atoms with E-state index in [9.17, 15) is 4.79 Å². The lowest BCUT2D eigenvalue weighted by atomic mass is 9.86. The Morgan fingerprint density at radius 1 is 1.50 bits per heavy atom. The van der Waals surface area contributed by atoms with Gasteiger partial charge in [0.25, 0.3) is 0 Å². The fourth-order valence-electron chi connectivity index (χ4n) is 1.37. The Morgan fingerprint density at radius 3 is 2.60 bits per heavy atom. The molecule has 0 radical (unpaired) electrons. The fraction of sp³-hybridized carbons (Fsp3) is 0.667. The van der Waals surface area contributed by atoms with Crippen LogP contribution in [0.4, 0.5) is 0 Å². The van der Waals surface area contributed by atoms with E-state index in [-0.39, 0.29) is 0 Å². The molecule has 0 bridgehead atoms. The molecular weight excluding hydrogens is 124 g/mol. The van der Waals surface area contributed by atoms with Crippen LogP contribution in [-0.4, -0.2) is 5.78 Å². The summed E-state index contributed by atoms with van der Waals surface area (Å²) in [6.07, 6.45) is 9.56. The minimum absolute atomic E-state index is 0.410. The average molecular weight is 136 g/mol. The second-order valence-corrected chi connectivity index (χ2v) is 2.89. The second-order valence-electron chi connectivity index (χ2n) is 2.89. The van der Waals surface area contributed by atoms with Gasteiger partial charge in [0.1, 0.15) is 5.78 Å². The maximum atomic E-state index is 10.8. The molecule has 1 saturated carbocycles. The number of rotatable bonds is 1. The maximum absolute atomic E-state index is 10.8. The van der Waals surface area contributed by atoms with Crippen molar-refractivity contribution in [2.24, 2.45) is 5.92 Å². The zero-order valence-electron chi connectivity index (χ0n) is 6.10. The first-order chi connectivity index (χ1) is 4.83. The molecule has 54 valence electrons. The van der Waals surface area contributed by atoms with Crippen LogP contribution in [0.2, 0.25) is 0 Å². The lowest BCUT2D eigenvalue weighted by molar-refractivity contribution is -0.120. The van der Waals surface area contributed by atoms with E-state index in [1.165, 1.54) is 0 Å². The zero-order valence-corrected chi connectivity index (χ0v) is 6.10. The van der Waals surface area contributed by atoms with Gasteiger partial charge in [0.2, 0.25) is 0 Å². The topological polar surface area (TPSA) is 17.1 Å². The van der Waals surface area contributed by atoms with Gasteiger partial charge in [0.05, 0.1) is 0 Å². The third-order valence-electron chi connectivity index (χ3n) is 2.07. The molecule has 0 saturated heterocycles. The number of Topliss-reactive ketones (excluding diaryl/α,β-unsaturated/α-hetero) is 1. The van der Waals surface area contributed by atoms with E-state index in [0.717, 1.165) is 32.1 Å². The van der Waals surface area contributed by atoms with E-state index in [2.05, 4.69) is 5.92 Å². The van der Waals surface area contributed by atoms with Gasteiger partial charge in [-0.3, -0.25) is 4.79 Å². The van der Waals surface area contributed by atoms with Gasteiger partial charge in [-0.15, -0.1) is 12.3 Å². The molecule has 1 heteroatoms. The molecule has 0 unspecified atom stereocenters. The molecule has 0 atom stereocenters. The van der Waals surface area contributed by atoms with Crippen molar-refractivity contribution < 1.29 is 4.79 Å². The SMILES string of the molecule is C#CCC1CCC(=O)CC1. The van der Waals surface area contributed by atoms with Gasteiger partial charge in [0, 0.05) is 19.3 Å². The van der Waals surface area contributed by atoms with Crippen molar-refractivity contribution in [2.75, 3.05) is 0 Å². The molecule has 1 aliphatic rings. The zero-order chi connectivity index (χ0) is 7.40. The molecule has 0 aromatic rings. The number of hydrogen-bond donors (Lipinski definition) is 0. The van der Waals surface area contributed by atoms with Crippen LogP contribution in [0, 0.1) is 18.3 Å². The van der Waals surface area contributed by atoms with Crippen LogP contribution in [0.15, 0.2) is 0 Å². The van der Waals surface area contributed by atoms with Gasteiger partial charge in [-0.1, -0.05) is 0 Å². The first-order valence-electron chi connectivity index (χ1n) is 3.78. The summed E-state index contributed by atoms with van der Waals surface area (Å²) in [5, 5.41) is 0. The third-order valence-corrected chi connectivity index (χ3v) is 2.07. The van der Waals surface area contributed by atoms with Crippen molar-refractivity contribution in [2.45, 2.75) is 32.1 Å². The summed E-state index contributed by atoms with van der Waals surface area (Å²) in [6.45, 7) is 0. The molecular formula is C9H12O. The second kappa shape index (κ2) is 3.41. The van der Waals surface area contributed by atoms with Crippen molar-refractivity contribution in [3.05, 3.63) is 0 Å². The van der Waals surface area contributed by atoms with Gasteiger partial charge in [-0.25, -0.2) is 0 Å². The van der Waals surface area contributed by atoms with Crippen LogP contribution in [-0.2, 0) is 4.79 Å². The molecule has 1 aliphatic carbocycles. The highest BCUT2D eigenvalue weighted by Crippen LogP contribution is 2.23. The van der Waals surface area contributed by atoms with E-state index in [0.29, 0.717) is 11.7 Å². The Morgan fingerprint density at radius 2 is 2.10 bits per heavy atom. The molecule has 0 aromatic heterocycles. The van der Waals surface area contributed by atoms with Crippen LogP contribution in [0.25, 0.3) is 0 Å². The maximum Gasteiger partial charge on any atom is 0.132 e. The van der Waals surface area contributed by atoms with Crippen molar-refractivity contribution in [1.82, 2.24) is 0 Å². The number of carbonyl (C=O) groups is 1. The monoisotopic (exact) mass is 136 g/mol. The Bertz CT molecular complexity index is 154. The van der Waals surface area contributed by atoms with Crippen molar-refractivity contribution in [3.63, 3.8) is 0 Å². The third kappa shape index (κ3) is 1.88. The van der Waals surface area contributed by atoms with E-state index in [4.69, 9.17) is 6.42 Å². The summed E-state index contributed by atoms with van der Waals surface area (Å²) >= 11 is 0.